The van der Waals surface area contributed by atoms with Gasteiger partial charge in [0.05, 0.1) is 24.7 Å². The van der Waals surface area contributed by atoms with Crippen LogP contribution in [0.4, 0.5) is 0 Å². The topological polar surface area (TPSA) is 76.0 Å². The SMILES string of the molecule is COC[C@]12C[C@@H](OC)[C@H](O)C(C)(C)[C@@H]1CC[C@H]1C2=CC[C@@]2(C)[C@H](C(=O)O)[C@@](C)([C@H](C)C(C)C)CC[C@]12C. The molecular formula is C32H54O5. The Morgan fingerprint density at radius 3 is 2.24 bits per heavy atom. The van der Waals surface area contributed by atoms with E-state index in [1.165, 1.54) is 5.57 Å². The van der Waals surface area contributed by atoms with Crippen molar-refractivity contribution in [3.63, 3.8) is 0 Å². The van der Waals surface area contributed by atoms with Crippen LogP contribution in [0.1, 0.15) is 93.9 Å². The number of carboxylic acids is 1. The number of aliphatic hydroxyl groups is 1. The zero-order valence-corrected chi connectivity index (χ0v) is 25.2. The van der Waals surface area contributed by atoms with E-state index in [0.29, 0.717) is 30.3 Å². The van der Waals surface area contributed by atoms with Crippen molar-refractivity contribution in [2.45, 2.75) is 106 Å². The monoisotopic (exact) mass is 518 g/mol. The summed E-state index contributed by atoms with van der Waals surface area (Å²) in [6, 6.07) is 0. The van der Waals surface area contributed by atoms with Crippen LogP contribution in [0.3, 0.4) is 0 Å². The molecule has 0 aromatic heterocycles. The molecule has 0 amide bonds. The molecule has 4 aliphatic rings. The summed E-state index contributed by atoms with van der Waals surface area (Å²) in [5, 5.41) is 22.1. The molecule has 4 aliphatic carbocycles. The molecular weight excluding hydrogens is 464 g/mol. The fourth-order valence-electron chi connectivity index (χ4n) is 10.6. The van der Waals surface area contributed by atoms with Crippen LogP contribution in [-0.4, -0.2) is 49.2 Å². The Kier molecular flexibility index (Phi) is 7.34. The first-order valence-corrected chi connectivity index (χ1v) is 14.7. The summed E-state index contributed by atoms with van der Waals surface area (Å²) >= 11 is 0. The van der Waals surface area contributed by atoms with Gasteiger partial charge < -0.3 is 19.7 Å². The number of ether oxygens (including phenoxy) is 2. The number of carboxylic acid groups (broad SMARTS) is 1. The molecule has 5 heteroatoms. The molecule has 4 rings (SSSR count). The zero-order valence-electron chi connectivity index (χ0n) is 25.2. The summed E-state index contributed by atoms with van der Waals surface area (Å²) in [7, 11) is 3.51. The lowest BCUT2D eigenvalue weighted by Crippen LogP contribution is -2.67. The van der Waals surface area contributed by atoms with Gasteiger partial charge in [0.2, 0.25) is 0 Å². The predicted molar refractivity (Wildman–Crippen MR) is 147 cm³/mol. The van der Waals surface area contributed by atoms with E-state index in [9.17, 15) is 15.0 Å². The molecule has 0 radical (unpaired) electrons. The highest BCUT2D eigenvalue weighted by atomic mass is 16.5. The predicted octanol–water partition coefficient (Wildman–Crippen LogP) is 6.59. The Morgan fingerprint density at radius 1 is 1.05 bits per heavy atom. The molecule has 0 bridgehead atoms. The average molecular weight is 519 g/mol. The minimum absolute atomic E-state index is 0.106. The third kappa shape index (κ3) is 3.76. The lowest BCUT2D eigenvalue weighted by Gasteiger charge is -2.70. The van der Waals surface area contributed by atoms with Crippen molar-refractivity contribution in [1.29, 1.82) is 0 Å². The van der Waals surface area contributed by atoms with Crippen LogP contribution in [0.2, 0.25) is 0 Å². The third-order valence-corrected chi connectivity index (χ3v) is 13.2. The highest BCUT2D eigenvalue weighted by molar-refractivity contribution is 5.73. The molecule has 0 heterocycles. The Morgan fingerprint density at radius 2 is 1.70 bits per heavy atom. The fraction of sp³-hybridized carbons (Fsp3) is 0.906. The van der Waals surface area contributed by atoms with Gasteiger partial charge in [0, 0.05) is 19.6 Å². The van der Waals surface area contributed by atoms with Crippen LogP contribution in [0.15, 0.2) is 11.6 Å². The highest BCUT2D eigenvalue weighted by Crippen LogP contribution is 2.74. The maximum absolute atomic E-state index is 13.2. The third-order valence-electron chi connectivity index (χ3n) is 13.2. The maximum Gasteiger partial charge on any atom is 0.307 e. The first-order valence-electron chi connectivity index (χ1n) is 14.7. The quantitative estimate of drug-likeness (QED) is 0.388. The van der Waals surface area contributed by atoms with E-state index in [1.54, 1.807) is 14.2 Å². The summed E-state index contributed by atoms with van der Waals surface area (Å²) in [6.45, 7) is 18.8. The molecule has 0 aliphatic heterocycles. The molecule has 0 aromatic carbocycles. The van der Waals surface area contributed by atoms with Crippen molar-refractivity contribution in [3.05, 3.63) is 11.6 Å². The number of rotatable bonds is 6. The summed E-state index contributed by atoms with van der Waals surface area (Å²) in [4.78, 5) is 13.2. The van der Waals surface area contributed by atoms with E-state index in [0.717, 1.165) is 38.5 Å². The smallest absolute Gasteiger partial charge is 0.307 e. The van der Waals surface area contributed by atoms with Gasteiger partial charge in [0.1, 0.15) is 0 Å². The molecule has 37 heavy (non-hydrogen) atoms. The van der Waals surface area contributed by atoms with Crippen molar-refractivity contribution >= 4 is 5.97 Å². The molecule has 3 saturated carbocycles. The molecule has 0 spiro atoms. The summed E-state index contributed by atoms with van der Waals surface area (Å²) in [5.41, 5.74) is 0.304. The van der Waals surface area contributed by atoms with E-state index in [2.05, 4.69) is 61.5 Å². The van der Waals surface area contributed by atoms with Gasteiger partial charge >= 0.3 is 5.97 Å². The number of allylic oxidation sites excluding steroid dienone is 1. The Hall–Kier alpha value is -0.910. The van der Waals surface area contributed by atoms with Crippen molar-refractivity contribution < 1.29 is 24.5 Å². The number of fused-ring (bicyclic) bond motifs is 5. The van der Waals surface area contributed by atoms with Gasteiger partial charge in [-0.1, -0.05) is 67.0 Å². The molecule has 2 N–H and O–H groups in total. The van der Waals surface area contributed by atoms with Gasteiger partial charge in [0.25, 0.3) is 0 Å². The molecule has 3 fully saturated rings. The second-order valence-electron chi connectivity index (χ2n) is 15.0. The van der Waals surface area contributed by atoms with Crippen LogP contribution >= 0.6 is 0 Å². The van der Waals surface area contributed by atoms with E-state index in [4.69, 9.17) is 9.47 Å². The normalized spacial score (nSPS) is 47.9. The fourth-order valence-corrected chi connectivity index (χ4v) is 10.6. The maximum atomic E-state index is 13.2. The zero-order chi connectivity index (χ0) is 27.8. The highest BCUT2D eigenvalue weighted by Gasteiger charge is 2.70. The lowest BCUT2D eigenvalue weighted by atomic mass is 9.34. The van der Waals surface area contributed by atoms with Gasteiger partial charge in [-0.05, 0) is 83.9 Å². The van der Waals surface area contributed by atoms with Gasteiger partial charge in [-0.15, -0.1) is 0 Å². The molecule has 212 valence electrons. The van der Waals surface area contributed by atoms with Crippen LogP contribution < -0.4 is 0 Å². The van der Waals surface area contributed by atoms with E-state index in [1.807, 2.05) is 0 Å². The van der Waals surface area contributed by atoms with Crippen molar-refractivity contribution in [1.82, 2.24) is 0 Å². The molecule has 5 nitrogen and oxygen atoms in total. The summed E-state index contributed by atoms with van der Waals surface area (Å²) < 4.78 is 11.9. The van der Waals surface area contributed by atoms with Gasteiger partial charge in [-0.2, -0.15) is 0 Å². The Bertz CT molecular complexity index is 924. The summed E-state index contributed by atoms with van der Waals surface area (Å²) in [5.74, 6) is 0.378. The summed E-state index contributed by atoms with van der Waals surface area (Å²) in [6.07, 6.45) is 7.30. The van der Waals surface area contributed by atoms with Crippen molar-refractivity contribution in [2.75, 3.05) is 20.8 Å². The molecule has 10 atom stereocenters. The van der Waals surface area contributed by atoms with Crippen molar-refractivity contribution in [2.24, 2.45) is 56.7 Å². The average Bonchev–Trinajstić information content (AvgIpc) is 2.81. The Balaban J connectivity index is 1.87. The second-order valence-corrected chi connectivity index (χ2v) is 15.0. The lowest BCUT2D eigenvalue weighted by molar-refractivity contribution is -0.213. The van der Waals surface area contributed by atoms with Gasteiger partial charge in [-0.25, -0.2) is 0 Å². The van der Waals surface area contributed by atoms with E-state index < -0.39 is 12.1 Å². The first kappa shape index (κ1) is 29.1. The minimum Gasteiger partial charge on any atom is -0.481 e. The molecule has 0 saturated heterocycles. The largest absolute Gasteiger partial charge is 0.481 e. The van der Waals surface area contributed by atoms with Gasteiger partial charge in [-0.3, -0.25) is 4.79 Å². The Labute approximate surface area is 225 Å². The number of aliphatic carboxylic acids is 1. The van der Waals surface area contributed by atoms with Crippen molar-refractivity contribution in [3.8, 4) is 0 Å². The molecule has 0 aromatic rings. The van der Waals surface area contributed by atoms with Crippen LogP contribution in [0, 0.1) is 56.7 Å². The minimum atomic E-state index is -0.623. The van der Waals surface area contributed by atoms with Crippen LogP contribution in [-0.2, 0) is 14.3 Å². The number of hydrogen-bond donors (Lipinski definition) is 2. The van der Waals surface area contributed by atoms with E-state index >= 15 is 0 Å². The van der Waals surface area contributed by atoms with Crippen LogP contribution in [0.25, 0.3) is 0 Å². The van der Waals surface area contributed by atoms with Crippen LogP contribution in [0.5, 0.6) is 0 Å². The standard InChI is InChI=1S/C32H54O5/c1-19(2)20(3)29(6)15-16-30(7)21-11-12-24-28(4,5)26(33)23(37-10)17-32(24,18-36-9)22(21)13-14-31(30,8)25(29)27(34)35/h13,19-21,23-26,33H,11-12,14-18H2,1-10H3,(H,34,35)/t20-,21+,23-,24+,25-,26+,29-,30-,31+,32+/m1/s1. The van der Waals surface area contributed by atoms with Gasteiger partial charge in [0.15, 0.2) is 0 Å². The number of carbonyl (C=O) groups is 1. The number of methoxy groups -OCH3 is 2. The molecule has 0 unspecified atom stereocenters. The second kappa shape index (κ2) is 9.34. The number of hydrogen-bond acceptors (Lipinski definition) is 4. The number of aliphatic hydroxyl groups excluding tert-OH is 1. The first-order chi connectivity index (χ1) is 17.1. The van der Waals surface area contributed by atoms with E-state index in [-0.39, 0.29) is 39.1 Å².